The van der Waals surface area contributed by atoms with Crippen molar-refractivity contribution in [2.45, 2.75) is 25.9 Å². The number of piperidine rings is 1. The molecule has 0 atom stereocenters. The van der Waals surface area contributed by atoms with Gasteiger partial charge in [0.05, 0.1) is 0 Å². The summed E-state index contributed by atoms with van der Waals surface area (Å²) < 4.78 is 11.3. The molecule has 2 aromatic rings. The predicted molar refractivity (Wildman–Crippen MR) is 98.3 cm³/mol. The quantitative estimate of drug-likeness (QED) is 0.747. The minimum atomic E-state index is 0.0332. The lowest BCUT2D eigenvalue weighted by atomic mass is 10.1. The van der Waals surface area contributed by atoms with Crippen LogP contribution in [0.1, 0.15) is 30.1 Å². The average molecular weight is 353 g/mol. The number of nitrogens with zero attached hydrogens (tertiary/aromatic N) is 3. The number of rotatable bonds is 6. The number of hydrogen-bond donors (Lipinski definition) is 0. The molecule has 1 amide bonds. The molecule has 1 aliphatic rings. The lowest BCUT2D eigenvalue weighted by molar-refractivity contribution is 0.0578. The van der Waals surface area contributed by atoms with Gasteiger partial charge < -0.3 is 14.4 Å². The van der Waals surface area contributed by atoms with Crippen molar-refractivity contribution >= 4 is 5.91 Å². The van der Waals surface area contributed by atoms with Gasteiger partial charge in [0.1, 0.15) is 18.5 Å². The first kappa shape index (κ1) is 17.9. The van der Waals surface area contributed by atoms with Gasteiger partial charge in [-0.15, -0.1) is 0 Å². The normalized spacial score (nSPS) is 14.7. The molecule has 0 unspecified atom stereocenters. The van der Waals surface area contributed by atoms with Crippen LogP contribution in [0, 0.1) is 0 Å². The molecule has 1 aromatic heterocycles. The summed E-state index contributed by atoms with van der Waals surface area (Å²) in [4.78, 5) is 22.7. The number of benzene rings is 1. The van der Waals surface area contributed by atoms with Crippen LogP contribution in [0.3, 0.4) is 0 Å². The van der Waals surface area contributed by atoms with Crippen molar-refractivity contribution in [3.8, 4) is 11.8 Å². The Morgan fingerprint density at radius 3 is 2.46 bits per heavy atom. The molecule has 6 nitrogen and oxygen atoms in total. The maximum atomic E-state index is 12.6. The average Bonchev–Trinajstić information content (AvgIpc) is 2.68. The van der Waals surface area contributed by atoms with E-state index in [0.29, 0.717) is 31.3 Å². The molecule has 0 bridgehead atoms. The summed E-state index contributed by atoms with van der Waals surface area (Å²) >= 11 is 0. The Bertz CT molecular complexity index is 739. The standard InChI is InChI=1S/C20H23N3O3/c1-15(2)14-25-17-6-4-16(5-7-17)19(24)23-12-8-18(9-13-23)26-20-21-10-3-11-22-20/h3-7,10-11,18H,1,8-9,12-14H2,2H3. The van der Waals surface area contributed by atoms with E-state index < -0.39 is 0 Å². The van der Waals surface area contributed by atoms with Crippen molar-refractivity contribution in [2.24, 2.45) is 0 Å². The largest absolute Gasteiger partial charge is 0.489 e. The van der Waals surface area contributed by atoms with Crippen LogP contribution >= 0.6 is 0 Å². The lowest BCUT2D eigenvalue weighted by Crippen LogP contribution is -2.41. The maximum Gasteiger partial charge on any atom is 0.316 e. The van der Waals surface area contributed by atoms with Crippen LogP contribution in [-0.4, -0.2) is 46.6 Å². The zero-order valence-corrected chi connectivity index (χ0v) is 14.9. The molecule has 1 aromatic carbocycles. The fourth-order valence-electron chi connectivity index (χ4n) is 2.75. The molecule has 26 heavy (non-hydrogen) atoms. The summed E-state index contributed by atoms with van der Waals surface area (Å²) in [6, 6.07) is 9.38. The van der Waals surface area contributed by atoms with E-state index in [9.17, 15) is 4.79 Å². The van der Waals surface area contributed by atoms with Gasteiger partial charge >= 0.3 is 6.01 Å². The summed E-state index contributed by atoms with van der Waals surface area (Å²) in [6.07, 6.45) is 4.89. The zero-order valence-electron chi connectivity index (χ0n) is 14.9. The number of hydrogen-bond acceptors (Lipinski definition) is 5. The van der Waals surface area contributed by atoms with Crippen molar-refractivity contribution < 1.29 is 14.3 Å². The first-order valence-electron chi connectivity index (χ1n) is 8.72. The smallest absolute Gasteiger partial charge is 0.316 e. The van der Waals surface area contributed by atoms with Crippen LogP contribution in [0.25, 0.3) is 0 Å². The second-order valence-corrected chi connectivity index (χ2v) is 6.41. The predicted octanol–water partition coefficient (Wildman–Crippen LogP) is 3.12. The monoisotopic (exact) mass is 353 g/mol. The molecular formula is C20H23N3O3. The number of carbonyl (C=O) groups excluding carboxylic acids is 1. The van der Waals surface area contributed by atoms with Crippen LogP contribution in [0.15, 0.2) is 54.9 Å². The van der Waals surface area contributed by atoms with Gasteiger partial charge in [0.15, 0.2) is 0 Å². The maximum absolute atomic E-state index is 12.6. The molecule has 0 aliphatic carbocycles. The van der Waals surface area contributed by atoms with Crippen molar-refractivity contribution in [3.05, 3.63) is 60.4 Å². The van der Waals surface area contributed by atoms with Gasteiger partial charge in [-0.2, -0.15) is 0 Å². The Hall–Kier alpha value is -2.89. The topological polar surface area (TPSA) is 64.5 Å². The number of carbonyl (C=O) groups is 1. The molecule has 1 saturated heterocycles. The van der Waals surface area contributed by atoms with Gasteiger partial charge in [0.25, 0.3) is 5.91 Å². The Balaban J connectivity index is 1.51. The molecule has 1 fully saturated rings. The van der Waals surface area contributed by atoms with Crippen LogP contribution in [-0.2, 0) is 0 Å². The molecular weight excluding hydrogens is 330 g/mol. The van der Waals surface area contributed by atoms with Gasteiger partial charge in [-0.05, 0) is 42.8 Å². The van der Waals surface area contributed by atoms with E-state index in [1.807, 2.05) is 24.0 Å². The first-order chi connectivity index (χ1) is 12.6. The molecule has 0 N–H and O–H groups in total. The Labute approximate surface area is 153 Å². The fourth-order valence-corrected chi connectivity index (χ4v) is 2.75. The summed E-state index contributed by atoms with van der Waals surface area (Å²) in [5.41, 5.74) is 1.62. The highest BCUT2D eigenvalue weighted by atomic mass is 16.5. The third kappa shape index (κ3) is 4.81. The van der Waals surface area contributed by atoms with Gasteiger partial charge in [-0.3, -0.25) is 4.79 Å². The van der Waals surface area contributed by atoms with Crippen LogP contribution in [0.5, 0.6) is 11.8 Å². The van der Waals surface area contributed by atoms with Crippen LogP contribution in [0.2, 0.25) is 0 Å². The van der Waals surface area contributed by atoms with E-state index in [1.165, 1.54) is 0 Å². The third-order valence-electron chi connectivity index (χ3n) is 4.13. The summed E-state index contributed by atoms with van der Waals surface area (Å²) in [5.74, 6) is 0.769. The number of ether oxygens (including phenoxy) is 2. The zero-order chi connectivity index (χ0) is 18.4. The van der Waals surface area contributed by atoms with Gasteiger partial charge in [-0.25, -0.2) is 9.97 Å². The molecule has 0 spiro atoms. The minimum Gasteiger partial charge on any atom is -0.489 e. The fraction of sp³-hybridized carbons (Fsp3) is 0.350. The van der Waals surface area contributed by atoms with Gasteiger partial charge in [0.2, 0.25) is 0 Å². The number of aromatic nitrogens is 2. The highest BCUT2D eigenvalue weighted by Crippen LogP contribution is 2.19. The highest BCUT2D eigenvalue weighted by molar-refractivity contribution is 5.94. The molecule has 136 valence electrons. The Morgan fingerprint density at radius 2 is 1.85 bits per heavy atom. The van der Waals surface area contributed by atoms with Gasteiger partial charge in [0, 0.05) is 43.9 Å². The van der Waals surface area contributed by atoms with Crippen molar-refractivity contribution in [1.29, 1.82) is 0 Å². The lowest BCUT2D eigenvalue weighted by Gasteiger charge is -2.31. The molecule has 0 saturated carbocycles. The molecule has 0 radical (unpaired) electrons. The summed E-state index contributed by atoms with van der Waals surface area (Å²) in [6.45, 7) is 7.51. The van der Waals surface area contributed by atoms with Crippen molar-refractivity contribution in [1.82, 2.24) is 14.9 Å². The summed E-state index contributed by atoms with van der Waals surface area (Å²) in [7, 11) is 0. The minimum absolute atomic E-state index is 0.0332. The second kappa shape index (κ2) is 8.47. The van der Waals surface area contributed by atoms with Crippen LogP contribution in [0.4, 0.5) is 0 Å². The molecule has 6 heteroatoms. The SMILES string of the molecule is C=C(C)COc1ccc(C(=O)N2CCC(Oc3ncccn3)CC2)cc1. The van der Waals surface area contributed by atoms with Crippen LogP contribution < -0.4 is 9.47 Å². The van der Waals surface area contributed by atoms with E-state index in [0.717, 1.165) is 24.2 Å². The molecule has 3 rings (SSSR count). The van der Waals surface area contributed by atoms with Gasteiger partial charge in [-0.1, -0.05) is 6.58 Å². The number of amides is 1. The Kier molecular flexibility index (Phi) is 5.84. The highest BCUT2D eigenvalue weighted by Gasteiger charge is 2.25. The third-order valence-corrected chi connectivity index (χ3v) is 4.13. The van der Waals surface area contributed by atoms with E-state index in [1.54, 1.807) is 30.6 Å². The van der Waals surface area contributed by atoms with E-state index in [-0.39, 0.29) is 12.0 Å². The van der Waals surface area contributed by atoms with Crippen molar-refractivity contribution in [2.75, 3.05) is 19.7 Å². The van der Waals surface area contributed by atoms with E-state index in [2.05, 4.69) is 16.5 Å². The van der Waals surface area contributed by atoms with E-state index in [4.69, 9.17) is 9.47 Å². The van der Waals surface area contributed by atoms with Crippen molar-refractivity contribution in [3.63, 3.8) is 0 Å². The first-order valence-corrected chi connectivity index (χ1v) is 8.72. The summed E-state index contributed by atoms with van der Waals surface area (Å²) in [5, 5.41) is 0. The molecule has 2 heterocycles. The number of likely N-dealkylation sites (tertiary alicyclic amines) is 1. The van der Waals surface area contributed by atoms with E-state index >= 15 is 0 Å². The second-order valence-electron chi connectivity index (χ2n) is 6.41. The Morgan fingerprint density at radius 1 is 1.19 bits per heavy atom. The molecule has 1 aliphatic heterocycles.